The number of hydrogen-bond acceptors (Lipinski definition) is 8. The molecule has 1 heterocycles. The van der Waals surface area contributed by atoms with Gasteiger partial charge >= 0.3 is 0 Å². The molecule has 2 aromatic rings. The lowest BCUT2D eigenvalue weighted by molar-refractivity contribution is -0.384. The number of nitrogens with one attached hydrogen (secondary N) is 2. The van der Waals surface area contributed by atoms with Crippen molar-refractivity contribution in [2.24, 2.45) is 0 Å². The molecule has 23 heavy (non-hydrogen) atoms. The van der Waals surface area contributed by atoms with Crippen molar-refractivity contribution < 1.29 is 9.72 Å². The number of benzene rings is 1. The summed E-state index contributed by atoms with van der Waals surface area (Å²) in [4.78, 5) is 22.6. The van der Waals surface area contributed by atoms with Gasteiger partial charge in [-0.25, -0.2) is 0 Å². The van der Waals surface area contributed by atoms with E-state index >= 15 is 0 Å². The van der Waals surface area contributed by atoms with E-state index in [-0.39, 0.29) is 23.0 Å². The Balaban J connectivity index is 2.05. The van der Waals surface area contributed by atoms with Crippen molar-refractivity contribution in [3.8, 4) is 0 Å². The van der Waals surface area contributed by atoms with Crippen molar-refractivity contribution in [2.45, 2.75) is 18.2 Å². The molecule has 122 valence electrons. The minimum atomic E-state index is -0.501. The van der Waals surface area contributed by atoms with Crippen molar-refractivity contribution >= 4 is 45.5 Å². The number of hydrogen-bond donors (Lipinski definition) is 2. The van der Waals surface area contributed by atoms with E-state index < -0.39 is 4.92 Å². The van der Waals surface area contributed by atoms with Crippen LogP contribution in [0.25, 0.3) is 0 Å². The fraction of sp³-hybridized carbons (Fsp3) is 0.308. The molecule has 0 aliphatic heterocycles. The monoisotopic (exact) mass is 353 g/mol. The molecule has 0 saturated carbocycles. The minimum absolute atomic E-state index is 0.0996. The highest BCUT2D eigenvalue weighted by molar-refractivity contribution is 8.01. The summed E-state index contributed by atoms with van der Waals surface area (Å²) in [5.74, 6) is -0.231. The van der Waals surface area contributed by atoms with E-state index in [2.05, 4.69) is 20.8 Å². The highest BCUT2D eigenvalue weighted by Crippen LogP contribution is 2.29. The fourth-order valence-electron chi connectivity index (χ4n) is 1.73. The van der Waals surface area contributed by atoms with Crippen LogP contribution in [0.2, 0.25) is 0 Å². The standard InChI is InChI=1S/C13H15N5O3S2/c1-7-4-9(10(18(20)21)5-8(7)2)15-11(19)6-22-13-17-16-12(14-3)23-13/h4-5H,6H2,1-3H3,(H,14,16)(H,15,19). The first-order valence-electron chi connectivity index (χ1n) is 6.60. The lowest BCUT2D eigenvalue weighted by atomic mass is 10.1. The summed E-state index contributed by atoms with van der Waals surface area (Å²) in [6.07, 6.45) is 0. The maximum atomic E-state index is 12.0. The number of carbonyl (C=O) groups is 1. The van der Waals surface area contributed by atoms with Crippen LogP contribution in [-0.4, -0.2) is 33.8 Å². The van der Waals surface area contributed by atoms with Crippen molar-refractivity contribution in [1.82, 2.24) is 10.2 Å². The summed E-state index contributed by atoms with van der Waals surface area (Å²) in [5, 5.41) is 25.0. The second kappa shape index (κ2) is 7.38. The van der Waals surface area contributed by atoms with Crippen LogP contribution in [0.4, 0.5) is 16.5 Å². The predicted molar refractivity (Wildman–Crippen MR) is 91.4 cm³/mol. The van der Waals surface area contributed by atoms with Crippen LogP contribution >= 0.6 is 23.1 Å². The highest BCUT2D eigenvalue weighted by atomic mass is 32.2. The van der Waals surface area contributed by atoms with E-state index in [9.17, 15) is 14.9 Å². The average Bonchev–Trinajstić information content (AvgIpc) is 2.96. The van der Waals surface area contributed by atoms with Gasteiger partial charge in [-0.05, 0) is 31.0 Å². The number of thioether (sulfide) groups is 1. The minimum Gasteiger partial charge on any atom is -0.363 e. The van der Waals surface area contributed by atoms with E-state index in [0.717, 1.165) is 11.1 Å². The first kappa shape index (κ1) is 17.2. The van der Waals surface area contributed by atoms with Crippen LogP contribution in [-0.2, 0) is 4.79 Å². The number of aryl methyl sites for hydroxylation is 2. The highest BCUT2D eigenvalue weighted by Gasteiger charge is 2.18. The molecule has 1 amide bonds. The van der Waals surface area contributed by atoms with Crippen LogP contribution < -0.4 is 10.6 Å². The van der Waals surface area contributed by atoms with Crippen LogP contribution in [0.3, 0.4) is 0 Å². The molecule has 0 bridgehead atoms. The molecule has 0 radical (unpaired) electrons. The number of carbonyl (C=O) groups excluding carboxylic acids is 1. The van der Waals surface area contributed by atoms with Crippen LogP contribution in [0.5, 0.6) is 0 Å². The summed E-state index contributed by atoms with van der Waals surface area (Å²) in [6.45, 7) is 3.63. The quantitative estimate of drug-likeness (QED) is 0.467. The zero-order valence-electron chi connectivity index (χ0n) is 12.7. The molecule has 10 heteroatoms. The summed E-state index contributed by atoms with van der Waals surface area (Å²) in [5.41, 5.74) is 1.77. The lowest BCUT2D eigenvalue weighted by Crippen LogP contribution is -2.15. The van der Waals surface area contributed by atoms with Crippen molar-refractivity contribution in [2.75, 3.05) is 23.4 Å². The molecule has 0 atom stereocenters. The molecule has 0 aliphatic rings. The summed E-state index contributed by atoms with van der Waals surface area (Å²) >= 11 is 2.56. The Hall–Kier alpha value is -2.20. The largest absolute Gasteiger partial charge is 0.363 e. The van der Waals surface area contributed by atoms with Crippen LogP contribution in [0.15, 0.2) is 16.5 Å². The van der Waals surface area contributed by atoms with E-state index in [1.54, 1.807) is 20.0 Å². The second-order valence-corrected chi connectivity index (χ2v) is 6.87. The molecule has 0 aliphatic carbocycles. The first-order valence-corrected chi connectivity index (χ1v) is 8.40. The topological polar surface area (TPSA) is 110 Å². The van der Waals surface area contributed by atoms with Gasteiger partial charge in [0.15, 0.2) is 4.34 Å². The molecule has 0 unspecified atom stereocenters. The number of aromatic nitrogens is 2. The maximum absolute atomic E-state index is 12.0. The number of nitro benzene ring substituents is 1. The smallest absolute Gasteiger partial charge is 0.293 e. The first-order chi connectivity index (χ1) is 10.9. The molecule has 1 aromatic heterocycles. The Morgan fingerprint density at radius 2 is 2.04 bits per heavy atom. The van der Waals surface area contributed by atoms with Crippen molar-refractivity contribution in [1.29, 1.82) is 0 Å². The third kappa shape index (κ3) is 4.39. The van der Waals surface area contributed by atoms with Gasteiger partial charge in [0.05, 0.1) is 10.7 Å². The Morgan fingerprint density at radius 3 is 2.65 bits per heavy atom. The summed E-state index contributed by atoms with van der Waals surface area (Å²) in [6, 6.07) is 3.07. The average molecular weight is 353 g/mol. The molecule has 0 fully saturated rings. The van der Waals surface area contributed by atoms with E-state index in [1.165, 1.54) is 29.2 Å². The SMILES string of the molecule is CNc1nnc(SCC(=O)Nc2cc(C)c(C)cc2[N+](=O)[O-])s1. The summed E-state index contributed by atoms with van der Waals surface area (Å²) < 4.78 is 0.652. The normalized spacial score (nSPS) is 10.4. The van der Waals surface area contributed by atoms with Crippen LogP contribution in [0, 0.1) is 24.0 Å². The number of amides is 1. The van der Waals surface area contributed by atoms with E-state index in [4.69, 9.17) is 0 Å². The Morgan fingerprint density at radius 1 is 1.35 bits per heavy atom. The van der Waals surface area contributed by atoms with Gasteiger partial charge in [0, 0.05) is 13.1 Å². The number of nitro groups is 1. The Labute approximate surface area is 140 Å². The number of anilines is 2. The zero-order chi connectivity index (χ0) is 17.0. The van der Waals surface area contributed by atoms with Gasteiger partial charge in [-0.15, -0.1) is 10.2 Å². The Bertz CT molecular complexity index is 747. The molecule has 0 saturated heterocycles. The van der Waals surface area contributed by atoms with Crippen LogP contribution in [0.1, 0.15) is 11.1 Å². The third-order valence-electron chi connectivity index (χ3n) is 3.03. The molecule has 2 N–H and O–H groups in total. The van der Waals surface area contributed by atoms with Gasteiger partial charge < -0.3 is 10.6 Å². The number of nitrogens with zero attached hydrogens (tertiary/aromatic N) is 3. The predicted octanol–water partition coefficient (Wildman–Crippen LogP) is 2.84. The van der Waals surface area contributed by atoms with E-state index in [0.29, 0.717) is 9.47 Å². The fourth-order valence-corrected chi connectivity index (χ4v) is 3.24. The van der Waals surface area contributed by atoms with Crippen molar-refractivity contribution in [3.05, 3.63) is 33.4 Å². The molecular weight excluding hydrogens is 338 g/mol. The molecular formula is C13H15N5O3S2. The van der Waals surface area contributed by atoms with E-state index in [1.807, 2.05) is 6.92 Å². The number of rotatable bonds is 6. The zero-order valence-corrected chi connectivity index (χ0v) is 14.4. The molecule has 8 nitrogen and oxygen atoms in total. The van der Waals surface area contributed by atoms with Gasteiger partial charge in [0.1, 0.15) is 5.69 Å². The lowest BCUT2D eigenvalue weighted by Gasteiger charge is -2.08. The van der Waals surface area contributed by atoms with Gasteiger partial charge in [-0.2, -0.15) is 0 Å². The third-order valence-corrected chi connectivity index (χ3v) is 5.10. The summed E-state index contributed by atoms with van der Waals surface area (Å²) in [7, 11) is 1.74. The molecule has 0 spiro atoms. The van der Waals surface area contributed by atoms with Gasteiger partial charge in [0.25, 0.3) is 5.69 Å². The second-order valence-electron chi connectivity index (χ2n) is 4.67. The molecule has 2 rings (SSSR count). The van der Waals surface area contributed by atoms with Gasteiger partial charge in [-0.3, -0.25) is 14.9 Å². The molecule has 1 aromatic carbocycles. The maximum Gasteiger partial charge on any atom is 0.293 e. The Kier molecular flexibility index (Phi) is 5.50. The van der Waals surface area contributed by atoms with Gasteiger partial charge in [-0.1, -0.05) is 23.1 Å². The van der Waals surface area contributed by atoms with Crippen molar-refractivity contribution in [3.63, 3.8) is 0 Å². The van der Waals surface area contributed by atoms with Gasteiger partial charge in [0.2, 0.25) is 11.0 Å².